The summed E-state index contributed by atoms with van der Waals surface area (Å²) in [4.78, 5) is 16.4. The number of fused-ring (bicyclic) bond motifs is 1. The molecule has 1 amide bonds. The first-order valence-corrected chi connectivity index (χ1v) is 10.7. The fraction of sp³-hybridized carbons (Fsp3) is 0.238. The topological polar surface area (TPSA) is 56.6 Å². The number of rotatable bonds is 3. The number of carbonyl (C=O) groups excluding carboxylic acids is 1. The molecule has 148 valence electrons. The first-order chi connectivity index (χ1) is 14.0. The van der Waals surface area contributed by atoms with Gasteiger partial charge in [0.05, 0.1) is 42.0 Å². The fourth-order valence-corrected chi connectivity index (χ4v) is 5.20. The molecule has 1 fully saturated rings. The van der Waals surface area contributed by atoms with Gasteiger partial charge in [0, 0.05) is 22.4 Å². The normalized spacial score (nSPS) is 19.1. The molecule has 1 saturated heterocycles. The van der Waals surface area contributed by atoms with Gasteiger partial charge in [-0.25, -0.2) is 4.39 Å². The van der Waals surface area contributed by atoms with Crippen LogP contribution in [0.1, 0.15) is 17.9 Å². The Balaban J connectivity index is 1.72. The molecule has 0 bridgehead atoms. The van der Waals surface area contributed by atoms with Crippen molar-refractivity contribution in [3.05, 3.63) is 68.9 Å². The second-order valence-electron chi connectivity index (χ2n) is 6.70. The van der Waals surface area contributed by atoms with Crippen LogP contribution < -0.4 is 9.64 Å². The minimum atomic E-state index is -0.376. The predicted octanol–water partition coefficient (Wildman–Crippen LogP) is 4.82. The van der Waals surface area contributed by atoms with Gasteiger partial charge in [-0.3, -0.25) is 9.69 Å². The van der Waals surface area contributed by atoms with Crippen LogP contribution in [0, 0.1) is 17.1 Å². The molecule has 8 heteroatoms. The zero-order valence-electron chi connectivity index (χ0n) is 15.6. The second kappa shape index (κ2) is 8.09. The summed E-state index contributed by atoms with van der Waals surface area (Å²) in [5.74, 6) is 0.287. The first kappa shape index (κ1) is 19.8. The van der Waals surface area contributed by atoms with Gasteiger partial charge in [-0.05, 0) is 30.3 Å². The van der Waals surface area contributed by atoms with Crippen molar-refractivity contribution in [2.75, 3.05) is 24.6 Å². The smallest absolute Gasteiger partial charge is 0.229 e. The highest BCUT2D eigenvalue weighted by Gasteiger charge is 2.39. The van der Waals surface area contributed by atoms with Gasteiger partial charge in [-0.1, -0.05) is 39.8 Å². The van der Waals surface area contributed by atoms with Crippen molar-refractivity contribution >= 4 is 39.3 Å². The van der Waals surface area contributed by atoms with Crippen LogP contribution >= 0.6 is 27.7 Å². The Bertz CT molecular complexity index is 1050. The third-order valence-electron chi connectivity index (χ3n) is 5.05. The lowest BCUT2D eigenvalue weighted by atomic mass is 9.86. The molecule has 0 spiro atoms. The maximum atomic E-state index is 14.2. The number of halogens is 2. The van der Waals surface area contributed by atoms with E-state index >= 15 is 0 Å². The van der Waals surface area contributed by atoms with Crippen molar-refractivity contribution in [2.24, 2.45) is 0 Å². The predicted molar refractivity (Wildman–Crippen MR) is 114 cm³/mol. The summed E-state index contributed by atoms with van der Waals surface area (Å²) in [5, 5.41) is 10.6. The lowest BCUT2D eigenvalue weighted by molar-refractivity contribution is -0.129. The zero-order valence-corrected chi connectivity index (χ0v) is 18.0. The van der Waals surface area contributed by atoms with Gasteiger partial charge < -0.3 is 9.64 Å². The van der Waals surface area contributed by atoms with Crippen LogP contribution in [0.5, 0.6) is 5.75 Å². The molecular formula is C21H17BrFN3O2S. The van der Waals surface area contributed by atoms with Gasteiger partial charge in [0.2, 0.25) is 5.91 Å². The van der Waals surface area contributed by atoms with E-state index in [0.717, 1.165) is 10.0 Å². The van der Waals surface area contributed by atoms with Crippen molar-refractivity contribution in [3.8, 4) is 11.8 Å². The maximum Gasteiger partial charge on any atom is 0.229 e. The van der Waals surface area contributed by atoms with Crippen LogP contribution in [-0.2, 0) is 4.79 Å². The van der Waals surface area contributed by atoms with E-state index in [1.807, 2.05) is 18.2 Å². The fourth-order valence-electron chi connectivity index (χ4n) is 3.67. The molecule has 2 heterocycles. The number of nitrogens with zero attached hydrogens (tertiary/aromatic N) is 3. The van der Waals surface area contributed by atoms with E-state index in [2.05, 4.69) is 22.0 Å². The summed E-state index contributed by atoms with van der Waals surface area (Å²) in [6, 6.07) is 14.4. The molecule has 0 saturated carbocycles. The first-order valence-electron chi connectivity index (χ1n) is 8.93. The summed E-state index contributed by atoms with van der Waals surface area (Å²) in [6.45, 7) is 0.218. The molecule has 2 aliphatic rings. The molecule has 2 aromatic rings. The molecular weight excluding hydrogens is 457 g/mol. The molecule has 0 unspecified atom stereocenters. The van der Waals surface area contributed by atoms with Crippen molar-refractivity contribution in [3.63, 3.8) is 0 Å². The number of nitriles is 1. The monoisotopic (exact) mass is 473 g/mol. The van der Waals surface area contributed by atoms with Crippen LogP contribution in [0.4, 0.5) is 10.1 Å². The minimum Gasteiger partial charge on any atom is -0.496 e. The van der Waals surface area contributed by atoms with Gasteiger partial charge in [0.1, 0.15) is 11.6 Å². The maximum absolute atomic E-state index is 14.2. The standard InChI is InChI=1S/C21H17BrFN3O2S/c1-28-19-7-6-13(22)8-15(19)14-9-20(27)26-11-25(12-29-21(26)16(14)10-24)18-5-3-2-4-17(18)23/h2-8,14H,9,11-12H2,1H3/t14-/m1/s1. The average Bonchev–Trinajstić information content (AvgIpc) is 2.74. The van der Waals surface area contributed by atoms with Crippen molar-refractivity contribution in [1.82, 2.24) is 4.90 Å². The number of anilines is 1. The Morgan fingerprint density at radius 2 is 2.10 bits per heavy atom. The van der Waals surface area contributed by atoms with Crippen LogP contribution in [0.25, 0.3) is 0 Å². The Morgan fingerprint density at radius 1 is 1.31 bits per heavy atom. The van der Waals surface area contributed by atoms with Crippen LogP contribution in [0.3, 0.4) is 0 Å². The average molecular weight is 474 g/mol. The Hall–Kier alpha value is -2.50. The van der Waals surface area contributed by atoms with Gasteiger partial charge in [0.15, 0.2) is 0 Å². The molecule has 2 aromatic carbocycles. The van der Waals surface area contributed by atoms with E-state index in [-0.39, 0.29) is 30.7 Å². The lowest BCUT2D eigenvalue weighted by Gasteiger charge is -2.42. The molecule has 4 rings (SSSR count). The molecule has 1 atom stereocenters. The second-order valence-corrected chi connectivity index (χ2v) is 8.55. The minimum absolute atomic E-state index is 0.0976. The van der Waals surface area contributed by atoms with Crippen LogP contribution in [0.2, 0.25) is 0 Å². The number of carbonyl (C=O) groups is 1. The van der Waals surface area contributed by atoms with Crippen molar-refractivity contribution < 1.29 is 13.9 Å². The number of ether oxygens (including phenoxy) is 1. The summed E-state index contributed by atoms with van der Waals surface area (Å²) < 4.78 is 20.5. The van der Waals surface area contributed by atoms with Crippen molar-refractivity contribution in [1.29, 1.82) is 5.26 Å². The van der Waals surface area contributed by atoms with Gasteiger partial charge in [-0.2, -0.15) is 5.26 Å². The van der Waals surface area contributed by atoms with E-state index in [9.17, 15) is 14.4 Å². The van der Waals surface area contributed by atoms with Crippen molar-refractivity contribution in [2.45, 2.75) is 12.3 Å². The SMILES string of the molecule is COc1ccc(Br)cc1[C@H]1CC(=O)N2CN(c3ccccc3F)CSC2=C1C#N. The van der Waals surface area contributed by atoms with Gasteiger partial charge in [-0.15, -0.1) is 0 Å². The number of methoxy groups -OCH3 is 1. The third kappa shape index (κ3) is 3.61. The number of hydrogen-bond donors (Lipinski definition) is 0. The zero-order chi connectivity index (χ0) is 20.5. The third-order valence-corrected chi connectivity index (χ3v) is 6.70. The Labute approximate surface area is 180 Å². The number of hydrogen-bond acceptors (Lipinski definition) is 5. The molecule has 0 aliphatic carbocycles. The van der Waals surface area contributed by atoms with E-state index in [0.29, 0.717) is 27.9 Å². The number of allylic oxidation sites excluding steroid dienone is 1. The quantitative estimate of drug-likeness (QED) is 0.639. The summed E-state index contributed by atoms with van der Waals surface area (Å²) in [5.41, 5.74) is 1.79. The number of amides is 1. The van der Waals surface area contributed by atoms with E-state index in [1.165, 1.54) is 17.8 Å². The number of thioether (sulfide) groups is 1. The molecule has 0 radical (unpaired) electrons. The largest absolute Gasteiger partial charge is 0.496 e. The summed E-state index contributed by atoms with van der Waals surface area (Å²) in [6.07, 6.45) is 0.158. The summed E-state index contributed by atoms with van der Waals surface area (Å²) in [7, 11) is 1.57. The number of para-hydroxylation sites is 1. The Kier molecular flexibility index (Phi) is 5.52. The van der Waals surface area contributed by atoms with E-state index < -0.39 is 0 Å². The summed E-state index contributed by atoms with van der Waals surface area (Å²) >= 11 is 4.84. The highest BCUT2D eigenvalue weighted by molar-refractivity contribution is 9.10. The van der Waals surface area contributed by atoms with Gasteiger partial charge in [0.25, 0.3) is 0 Å². The van der Waals surface area contributed by atoms with Crippen LogP contribution in [-0.4, -0.2) is 30.5 Å². The molecule has 0 N–H and O–H groups in total. The molecule has 2 aliphatic heterocycles. The van der Waals surface area contributed by atoms with E-state index in [1.54, 1.807) is 35.1 Å². The Morgan fingerprint density at radius 3 is 2.83 bits per heavy atom. The van der Waals surface area contributed by atoms with E-state index in [4.69, 9.17) is 4.74 Å². The highest BCUT2D eigenvalue weighted by atomic mass is 79.9. The number of benzene rings is 2. The lowest BCUT2D eigenvalue weighted by Crippen LogP contribution is -2.47. The molecule has 0 aromatic heterocycles. The van der Waals surface area contributed by atoms with Gasteiger partial charge >= 0.3 is 0 Å². The molecule has 29 heavy (non-hydrogen) atoms. The molecule has 5 nitrogen and oxygen atoms in total. The highest BCUT2D eigenvalue weighted by Crippen LogP contribution is 2.45. The van der Waals surface area contributed by atoms with Crippen LogP contribution in [0.15, 0.2) is 57.5 Å².